The number of nitrogens with zero attached hydrogens (tertiary/aromatic N) is 2. The van der Waals surface area contributed by atoms with Gasteiger partial charge in [0.05, 0.1) is 29.3 Å². The van der Waals surface area contributed by atoms with Gasteiger partial charge in [0.1, 0.15) is 5.82 Å². The second kappa shape index (κ2) is 5.35. The topological polar surface area (TPSA) is 41.2 Å². The van der Waals surface area contributed by atoms with Crippen LogP contribution >= 0.6 is 0 Å². The number of aromatic nitrogens is 2. The van der Waals surface area contributed by atoms with Crippen LogP contribution in [0.1, 0.15) is 32.6 Å². The number of imidazole rings is 1. The predicted molar refractivity (Wildman–Crippen MR) is 76.0 cm³/mol. The van der Waals surface area contributed by atoms with E-state index in [4.69, 9.17) is 4.74 Å². The smallest absolute Gasteiger partial charge is 0.161 e. The minimum Gasteiger partial charge on any atom is -0.373 e. The lowest BCUT2D eigenvalue weighted by Crippen LogP contribution is -2.46. The molecule has 2 heterocycles. The van der Waals surface area contributed by atoms with Gasteiger partial charge in [-0.1, -0.05) is 0 Å². The Kier molecular flexibility index (Phi) is 3.67. The van der Waals surface area contributed by atoms with Gasteiger partial charge < -0.3 is 9.72 Å². The molecule has 1 N–H and O–H groups in total. The van der Waals surface area contributed by atoms with E-state index in [1.165, 1.54) is 0 Å². The highest BCUT2D eigenvalue weighted by Crippen LogP contribution is 2.25. The van der Waals surface area contributed by atoms with Crippen molar-refractivity contribution in [2.45, 2.75) is 39.0 Å². The van der Waals surface area contributed by atoms with E-state index < -0.39 is 11.6 Å². The summed E-state index contributed by atoms with van der Waals surface area (Å²) in [6, 6.07) is 2.32. The monoisotopic (exact) mass is 295 g/mol. The molecule has 3 atom stereocenters. The normalized spacial score (nSPS) is 25.4. The molecule has 1 aromatic carbocycles. The predicted octanol–water partition coefficient (Wildman–Crippen LogP) is 3.01. The lowest BCUT2D eigenvalue weighted by molar-refractivity contribution is -0.0797. The van der Waals surface area contributed by atoms with Gasteiger partial charge in [0, 0.05) is 25.2 Å². The average molecular weight is 295 g/mol. The highest BCUT2D eigenvalue weighted by Gasteiger charge is 2.28. The van der Waals surface area contributed by atoms with Crippen molar-refractivity contribution in [1.29, 1.82) is 0 Å². The molecule has 0 spiro atoms. The zero-order chi connectivity index (χ0) is 15.1. The zero-order valence-corrected chi connectivity index (χ0v) is 12.4. The maximum atomic E-state index is 13.3. The van der Waals surface area contributed by atoms with Gasteiger partial charge in [-0.05, 0) is 20.8 Å². The van der Waals surface area contributed by atoms with Crippen molar-refractivity contribution in [3.63, 3.8) is 0 Å². The molecule has 0 amide bonds. The van der Waals surface area contributed by atoms with Crippen LogP contribution in [-0.4, -0.2) is 40.2 Å². The first-order valence-corrected chi connectivity index (χ1v) is 7.18. The molecule has 21 heavy (non-hydrogen) atoms. The van der Waals surface area contributed by atoms with E-state index in [0.29, 0.717) is 11.0 Å². The second-order valence-corrected chi connectivity index (χ2v) is 5.79. The van der Waals surface area contributed by atoms with Crippen LogP contribution in [-0.2, 0) is 4.74 Å². The average Bonchev–Trinajstić information content (AvgIpc) is 2.80. The number of nitrogens with one attached hydrogen (secondary N) is 1. The Labute approximate surface area is 122 Å². The summed E-state index contributed by atoms with van der Waals surface area (Å²) in [7, 11) is 0. The van der Waals surface area contributed by atoms with Crippen molar-refractivity contribution < 1.29 is 13.5 Å². The molecule has 3 rings (SSSR count). The summed E-state index contributed by atoms with van der Waals surface area (Å²) in [5, 5.41) is 0. The van der Waals surface area contributed by atoms with Crippen molar-refractivity contribution in [3.8, 4) is 0 Å². The molecule has 4 nitrogen and oxygen atoms in total. The van der Waals surface area contributed by atoms with Crippen LogP contribution in [0.15, 0.2) is 12.1 Å². The fourth-order valence-corrected chi connectivity index (χ4v) is 2.93. The van der Waals surface area contributed by atoms with Crippen LogP contribution in [0, 0.1) is 11.6 Å². The van der Waals surface area contributed by atoms with Gasteiger partial charge in [0.15, 0.2) is 11.6 Å². The molecule has 0 radical (unpaired) electrons. The first-order valence-electron chi connectivity index (χ1n) is 7.18. The first kappa shape index (κ1) is 14.4. The zero-order valence-electron chi connectivity index (χ0n) is 12.4. The molecule has 0 saturated carbocycles. The van der Waals surface area contributed by atoms with Gasteiger partial charge in [0.25, 0.3) is 0 Å². The van der Waals surface area contributed by atoms with E-state index in [1.54, 1.807) is 0 Å². The molecule has 6 heteroatoms. The van der Waals surface area contributed by atoms with Gasteiger partial charge in [0.2, 0.25) is 0 Å². The highest BCUT2D eigenvalue weighted by atomic mass is 19.2. The molecule has 3 unspecified atom stereocenters. The van der Waals surface area contributed by atoms with E-state index in [9.17, 15) is 8.78 Å². The van der Waals surface area contributed by atoms with Crippen LogP contribution in [0.3, 0.4) is 0 Å². The molecule has 1 fully saturated rings. The van der Waals surface area contributed by atoms with E-state index >= 15 is 0 Å². The van der Waals surface area contributed by atoms with Crippen molar-refractivity contribution in [1.82, 2.24) is 14.9 Å². The van der Waals surface area contributed by atoms with E-state index in [2.05, 4.69) is 14.9 Å². The molecule has 0 bridgehead atoms. The Hall–Kier alpha value is -1.53. The van der Waals surface area contributed by atoms with Crippen molar-refractivity contribution in [2.75, 3.05) is 13.1 Å². The number of ether oxygens (including phenoxy) is 1. The maximum absolute atomic E-state index is 13.3. The van der Waals surface area contributed by atoms with Gasteiger partial charge in [-0.2, -0.15) is 0 Å². The Morgan fingerprint density at radius 1 is 1.24 bits per heavy atom. The van der Waals surface area contributed by atoms with Crippen LogP contribution in [0.5, 0.6) is 0 Å². The fourth-order valence-electron chi connectivity index (χ4n) is 2.93. The standard InChI is InChI=1S/C15H19F2N3O/c1-8-6-20(7-9(2)21-8)10(3)15-18-13-4-11(16)12(17)5-14(13)19-15/h4-5,8-10H,6-7H2,1-3H3,(H,18,19). The summed E-state index contributed by atoms with van der Waals surface area (Å²) in [5.74, 6) is -1.02. The molecule has 114 valence electrons. The van der Waals surface area contributed by atoms with Gasteiger partial charge in [-0.25, -0.2) is 13.8 Å². The Morgan fingerprint density at radius 3 is 2.52 bits per heavy atom. The summed E-state index contributed by atoms with van der Waals surface area (Å²) >= 11 is 0. The molecule has 1 saturated heterocycles. The number of hydrogen-bond acceptors (Lipinski definition) is 3. The lowest BCUT2D eigenvalue weighted by Gasteiger charge is -2.38. The molecule has 1 aliphatic rings. The van der Waals surface area contributed by atoms with E-state index in [1.807, 2.05) is 20.8 Å². The number of rotatable bonds is 2. The van der Waals surface area contributed by atoms with Gasteiger partial charge in [-0.15, -0.1) is 0 Å². The number of hydrogen-bond donors (Lipinski definition) is 1. The number of H-pyrrole nitrogens is 1. The highest BCUT2D eigenvalue weighted by molar-refractivity contribution is 5.75. The summed E-state index contributed by atoms with van der Waals surface area (Å²) in [4.78, 5) is 9.75. The van der Waals surface area contributed by atoms with Crippen LogP contribution in [0.4, 0.5) is 8.78 Å². The number of fused-ring (bicyclic) bond motifs is 1. The molecule has 1 aliphatic heterocycles. The van der Waals surface area contributed by atoms with Gasteiger partial charge in [-0.3, -0.25) is 4.90 Å². The third-order valence-electron chi connectivity index (χ3n) is 3.93. The van der Waals surface area contributed by atoms with Crippen LogP contribution < -0.4 is 0 Å². The Balaban J connectivity index is 1.89. The molecule has 1 aromatic heterocycles. The number of benzene rings is 1. The minimum atomic E-state index is -0.873. The lowest BCUT2D eigenvalue weighted by atomic mass is 10.1. The number of aromatic amines is 1. The second-order valence-electron chi connectivity index (χ2n) is 5.79. The van der Waals surface area contributed by atoms with Gasteiger partial charge >= 0.3 is 0 Å². The molecular weight excluding hydrogens is 276 g/mol. The molecule has 2 aromatic rings. The fraction of sp³-hybridized carbons (Fsp3) is 0.533. The summed E-state index contributed by atoms with van der Waals surface area (Å²) in [6.07, 6.45) is 0.325. The minimum absolute atomic E-state index is 0.0392. The van der Waals surface area contributed by atoms with Crippen molar-refractivity contribution >= 4 is 11.0 Å². The van der Waals surface area contributed by atoms with E-state index in [0.717, 1.165) is 31.0 Å². The largest absolute Gasteiger partial charge is 0.373 e. The summed E-state index contributed by atoms with van der Waals surface area (Å²) in [6.45, 7) is 7.74. The molecule has 0 aliphatic carbocycles. The summed E-state index contributed by atoms with van der Waals surface area (Å²) in [5.41, 5.74) is 0.968. The van der Waals surface area contributed by atoms with Crippen molar-refractivity contribution in [2.24, 2.45) is 0 Å². The van der Waals surface area contributed by atoms with E-state index in [-0.39, 0.29) is 18.2 Å². The SMILES string of the molecule is CC1CN(C(C)c2nc3cc(F)c(F)cc3[nH]2)CC(C)O1. The number of morpholine rings is 1. The van der Waals surface area contributed by atoms with Crippen LogP contribution in [0.2, 0.25) is 0 Å². The van der Waals surface area contributed by atoms with Crippen LogP contribution in [0.25, 0.3) is 11.0 Å². The quantitative estimate of drug-likeness (QED) is 0.926. The van der Waals surface area contributed by atoms with Crippen molar-refractivity contribution in [3.05, 3.63) is 29.6 Å². The third kappa shape index (κ3) is 2.78. The third-order valence-corrected chi connectivity index (χ3v) is 3.93. The molecular formula is C15H19F2N3O. The maximum Gasteiger partial charge on any atom is 0.161 e. The number of halogens is 2. The first-order chi connectivity index (χ1) is 9.94. The Morgan fingerprint density at radius 2 is 1.86 bits per heavy atom. The summed E-state index contributed by atoms with van der Waals surface area (Å²) < 4.78 is 32.2. The Bertz CT molecular complexity index is 609.